The van der Waals surface area contributed by atoms with Crippen LogP contribution in [0.2, 0.25) is 0 Å². The van der Waals surface area contributed by atoms with Crippen LogP contribution in [-0.2, 0) is 11.2 Å². The first-order chi connectivity index (χ1) is 9.53. The standard InChI is InChI=1S/C15H20ClNO3/c1-10(16)15(18)17-8-12(9-17)4-11-5-13(19-2)7-14(6-11)20-3/h5-7,10,12H,4,8-9H2,1-3H3. The van der Waals surface area contributed by atoms with Gasteiger partial charge in [0.2, 0.25) is 5.91 Å². The number of methoxy groups -OCH3 is 2. The molecule has 1 aromatic carbocycles. The van der Waals surface area contributed by atoms with E-state index < -0.39 is 5.38 Å². The predicted molar refractivity (Wildman–Crippen MR) is 78.6 cm³/mol. The Kier molecular flexibility index (Phi) is 4.76. The summed E-state index contributed by atoms with van der Waals surface area (Å²) in [6.45, 7) is 3.26. The molecule has 110 valence electrons. The second kappa shape index (κ2) is 6.35. The summed E-state index contributed by atoms with van der Waals surface area (Å²) in [5, 5.41) is -0.437. The first-order valence-corrected chi connectivity index (χ1v) is 7.12. The molecule has 0 radical (unpaired) electrons. The molecule has 0 aromatic heterocycles. The largest absolute Gasteiger partial charge is 0.497 e. The molecule has 5 heteroatoms. The molecule has 1 amide bonds. The summed E-state index contributed by atoms with van der Waals surface area (Å²) in [5.74, 6) is 2.08. The molecule has 0 aliphatic carbocycles. The Morgan fingerprint density at radius 3 is 2.30 bits per heavy atom. The van der Waals surface area contributed by atoms with Crippen LogP contribution in [0.3, 0.4) is 0 Å². The van der Waals surface area contributed by atoms with Gasteiger partial charge in [-0.05, 0) is 37.0 Å². The Morgan fingerprint density at radius 1 is 1.30 bits per heavy atom. The van der Waals surface area contributed by atoms with E-state index in [2.05, 4.69) is 0 Å². The number of benzene rings is 1. The van der Waals surface area contributed by atoms with Crippen LogP contribution in [0.15, 0.2) is 18.2 Å². The quantitative estimate of drug-likeness (QED) is 0.783. The lowest BCUT2D eigenvalue weighted by molar-refractivity contribution is -0.136. The highest BCUT2D eigenvalue weighted by Crippen LogP contribution is 2.27. The second-order valence-corrected chi connectivity index (χ2v) is 5.80. The number of rotatable bonds is 5. The van der Waals surface area contributed by atoms with Crippen molar-refractivity contribution < 1.29 is 14.3 Å². The van der Waals surface area contributed by atoms with Crippen LogP contribution in [0.1, 0.15) is 12.5 Å². The van der Waals surface area contributed by atoms with Gasteiger partial charge in [0.25, 0.3) is 0 Å². The fourth-order valence-electron chi connectivity index (χ4n) is 2.45. The summed E-state index contributed by atoms with van der Waals surface area (Å²) >= 11 is 5.80. The Hall–Kier alpha value is -1.42. The maximum atomic E-state index is 11.7. The highest BCUT2D eigenvalue weighted by atomic mass is 35.5. The van der Waals surface area contributed by atoms with E-state index in [-0.39, 0.29) is 5.91 Å². The number of halogens is 1. The topological polar surface area (TPSA) is 38.8 Å². The van der Waals surface area contributed by atoms with Crippen molar-refractivity contribution in [2.45, 2.75) is 18.7 Å². The third-order valence-electron chi connectivity index (χ3n) is 3.54. The highest BCUT2D eigenvalue weighted by Gasteiger charge is 2.32. The van der Waals surface area contributed by atoms with Gasteiger partial charge in [0.05, 0.1) is 14.2 Å². The van der Waals surface area contributed by atoms with Gasteiger partial charge in [0, 0.05) is 19.2 Å². The number of ether oxygens (including phenoxy) is 2. The van der Waals surface area contributed by atoms with E-state index in [4.69, 9.17) is 21.1 Å². The SMILES string of the molecule is COc1cc(CC2CN(C(=O)C(C)Cl)C2)cc(OC)c1. The lowest BCUT2D eigenvalue weighted by atomic mass is 9.91. The summed E-state index contributed by atoms with van der Waals surface area (Å²) in [4.78, 5) is 13.5. The van der Waals surface area contributed by atoms with E-state index >= 15 is 0 Å². The molecule has 0 saturated carbocycles. The van der Waals surface area contributed by atoms with Gasteiger partial charge in [0.1, 0.15) is 16.9 Å². The number of alkyl halides is 1. The van der Waals surface area contributed by atoms with Gasteiger partial charge >= 0.3 is 0 Å². The van der Waals surface area contributed by atoms with Crippen molar-refractivity contribution in [3.05, 3.63) is 23.8 Å². The molecule has 4 nitrogen and oxygen atoms in total. The molecule has 1 saturated heterocycles. The smallest absolute Gasteiger partial charge is 0.240 e. The predicted octanol–water partition coefficient (Wildman–Crippen LogP) is 2.33. The molecule has 1 fully saturated rings. The summed E-state index contributed by atoms with van der Waals surface area (Å²) in [6.07, 6.45) is 0.911. The fourth-order valence-corrected chi connectivity index (χ4v) is 2.59. The van der Waals surface area contributed by atoms with E-state index in [1.807, 2.05) is 18.2 Å². The Balaban J connectivity index is 1.94. The van der Waals surface area contributed by atoms with Gasteiger partial charge in [-0.2, -0.15) is 0 Å². The van der Waals surface area contributed by atoms with Crippen molar-refractivity contribution in [3.63, 3.8) is 0 Å². The van der Waals surface area contributed by atoms with Crippen LogP contribution in [0.4, 0.5) is 0 Å². The zero-order valence-corrected chi connectivity index (χ0v) is 12.8. The molecule has 1 heterocycles. The number of nitrogens with zero attached hydrogens (tertiary/aromatic N) is 1. The van der Waals surface area contributed by atoms with Crippen molar-refractivity contribution in [2.75, 3.05) is 27.3 Å². The van der Waals surface area contributed by atoms with E-state index in [1.165, 1.54) is 0 Å². The first kappa shape index (κ1) is 15.0. The van der Waals surface area contributed by atoms with E-state index in [9.17, 15) is 4.79 Å². The molecular weight excluding hydrogens is 278 g/mol. The molecule has 2 rings (SSSR count). The zero-order chi connectivity index (χ0) is 14.7. The summed E-state index contributed by atoms with van der Waals surface area (Å²) in [5.41, 5.74) is 1.16. The van der Waals surface area contributed by atoms with Crippen molar-refractivity contribution in [2.24, 2.45) is 5.92 Å². The summed E-state index contributed by atoms with van der Waals surface area (Å²) in [6, 6.07) is 5.88. The van der Waals surface area contributed by atoms with Crippen molar-refractivity contribution in [1.82, 2.24) is 4.90 Å². The normalized spacial score (nSPS) is 16.5. The van der Waals surface area contributed by atoms with Crippen LogP contribution < -0.4 is 9.47 Å². The number of likely N-dealkylation sites (tertiary alicyclic amines) is 1. The van der Waals surface area contributed by atoms with Crippen LogP contribution in [0, 0.1) is 5.92 Å². The minimum absolute atomic E-state index is 0.0196. The van der Waals surface area contributed by atoms with E-state index in [1.54, 1.807) is 26.0 Å². The minimum Gasteiger partial charge on any atom is -0.497 e. The number of carbonyl (C=O) groups excluding carboxylic acids is 1. The second-order valence-electron chi connectivity index (χ2n) is 5.15. The Morgan fingerprint density at radius 2 is 1.85 bits per heavy atom. The third kappa shape index (κ3) is 3.37. The highest BCUT2D eigenvalue weighted by molar-refractivity contribution is 6.30. The number of hydrogen-bond acceptors (Lipinski definition) is 3. The lowest BCUT2D eigenvalue weighted by Gasteiger charge is -2.40. The molecular formula is C15H20ClNO3. The van der Waals surface area contributed by atoms with Gasteiger partial charge in [-0.15, -0.1) is 11.6 Å². The Bertz CT molecular complexity index is 462. The van der Waals surface area contributed by atoms with E-state index in [0.717, 1.165) is 36.6 Å². The molecule has 0 N–H and O–H groups in total. The molecule has 20 heavy (non-hydrogen) atoms. The van der Waals surface area contributed by atoms with Crippen LogP contribution in [0.5, 0.6) is 11.5 Å². The maximum Gasteiger partial charge on any atom is 0.240 e. The Labute approximate surface area is 124 Å². The molecule has 0 bridgehead atoms. The molecule has 1 aliphatic heterocycles. The average Bonchev–Trinajstić information content (AvgIpc) is 2.41. The number of hydrogen-bond donors (Lipinski definition) is 0. The lowest BCUT2D eigenvalue weighted by Crippen LogP contribution is -2.52. The van der Waals surface area contributed by atoms with Gasteiger partial charge in [-0.3, -0.25) is 4.79 Å². The van der Waals surface area contributed by atoms with Crippen molar-refractivity contribution >= 4 is 17.5 Å². The van der Waals surface area contributed by atoms with Crippen LogP contribution in [0.25, 0.3) is 0 Å². The van der Waals surface area contributed by atoms with Gasteiger partial charge in [-0.1, -0.05) is 0 Å². The van der Waals surface area contributed by atoms with Gasteiger partial charge < -0.3 is 14.4 Å². The zero-order valence-electron chi connectivity index (χ0n) is 12.1. The average molecular weight is 298 g/mol. The molecule has 1 unspecified atom stereocenters. The third-order valence-corrected chi connectivity index (χ3v) is 3.73. The number of carbonyl (C=O) groups is 1. The van der Waals surface area contributed by atoms with Gasteiger partial charge in [-0.25, -0.2) is 0 Å². The van der Waals surface area contributed by atoms with Crippen LogP contribution >= 0.6 is 11.6 Å². The van der Waals surface area contributed by atoms with Crippen LogP contribution in [-0.4, -0.2) is 43.5 Å². The monoisotopic (exact) mass is 297 g/mol. The molecule has 0 spiro atoms. The van der Waals surface area contributed by atoms with E-state index in [0.29, 0.717) is 5.92 Å². The summed E-state index contributed by atoms with van der Waals surface area (Å²) < 4.78 is 10.5. The first-order valence-electron chi connectivity index (χ1n) is 6.68. The minimum atomic E-state index is -0.437. The fraction of sp³-hybridized carbons (Fsp3) is 0.533. The maximum absolute atomic E-state index is 11.7. The molecule has 1 aromatic rings. The van der Waals surface area contributed by atoms with Gasteiger partial charge in [0.15, 0.2) is 0 Å². The summed E-state index contributed by atoms with van der Waals surface area (Å²) in [7, 11) is 3.29. The molecule has 1 atom stereocenters. The molecule has 1 aliphatic rings. The van der Waals surface area contributed by atoms with Crippen molar-refractivity contribution in [3.8, 4) is 11.5 Å². The van der Waals surface area contributed by atoms with Crippen molar-refractivity contribution in [1.29, 1.82) is 0 Å². The number of amides is 1.